The van der Waals surface area contributed by atoms with Crippen molar-refractivity contribution in [1.29, 1.82) is 0 Å². The van der Waals surface area contributed by atoms with Crippen LogP contribution in [0.2, 0.25) is 0 Å². The van der Waals surface area contributed by atoms with Crippen LogP contribution in [0.3, 0.4) is 0 Å². The molecule has 1 saturated heterocycles. The van der Waals surface area contributed by atoms with Gasteiger partial charge in [-0.25, -0.2) is 0 Å². The molecular formula is C26H32N4O2S. The fourth-order valence-electron chi connectivity index (χ4n) is 4.88. The predicted molar refractivity (Wildman–Crippen MR) is 137 cm³/mol. The topological polar surface area (TPSA) is 83.1 Å². The quantitative estimate of drug-likeness (QED) is 0.319. The Morgan fingerprint density at radius 2 is 1.82 bits per heavy atom. The number of para-hydroxylation sites is 1. The molecule has 0 spiro atoms. The van der Waals surface area contributed by atoms with Gasteiger partial charge in [0.05, 0.1) is 5.56 Å². The number of aliphatic hydroxyl groups is 1. The number of hydrogen-bond donors (Lipinski definition) is 3. The number of nitrogens with one attached hydrogen (secondary N) is 1. The minimum absolute atomic E-state index is 0.00152. The van der Waals surface area contributed by atoms with Gasteiger partial charge in [0, 0.05) is 29.7 Å². The number of rotatable bonds is 7. The van der Waals surface area contributed by atoms with E-state index in [1.807, 2.05) is 49.4 Å². The predicted octanol–water partition coefficient (Wildman–Crippen LogP) is 4.44. The van der Waals surface area contributed by atoms with Gasteiger partial charge in [-0.05, 0) is 62.8 Å². The molecule has 0 saturated carbocycles. The van der Waals surface area contributed by atoms with Crippen LogP contribution in [0.1, 0.15) is 43.2 Å². The Morgan fingerprint density at radius 1 is 1.12 bits per heavy atom. The molecular weight excluding hydrogens is 432 g/mol. The number of thiocarbonyl (C=S) groups is 1. The van der Waals surface area contributed by atoms with E-state index >= 15 is 0 Å². The van der Waals surface area contributed by atoms with E-state index in [2.05, 4.69) is 27.6 Å². The highest BCUT2D eigenvalue weighted by Crippen LogP contribution is 2.41. The number of piperidine rings is 1. The van der Waals surface area contributed by atoms with Crippen molar-refractivity contribution in [3.8, 4) is 5.75 Å². The van der Waals surface area contributed by atoms with Gasteiger partial charge in [0.15, 0.2) is 5.11 Å². The van der Waals surface area contributed by atoms with Gasteiger partial charge in [-0.2, -0.15) is 5.10 Å². The molecule has 0 unspecified atom stereocenters. The molecule has 2 aliphatic rings. The third kappa shape index (κ3) is 5.54. The van der Waals surface area contributed by atoms with Gasteiger partial charge < -0.3 is 20.5 Å². The number of hydrazone groups is 1. The minimum atomic E-state index is -0.113. The normalized spacial score (nSPS) is 18.8. The van der Waals surface area contributed by atoms with Crippen molar-refractivity contribution in [3.05, 3.63) is 71.3 Å². The van der Waals surface area contributed by atoms with Crippen LogP contribution in [0.4, 0.5) is 0 Å². The van der Waals surface area contributed by atoms with Crippen molar-refractivity contribution in [3.63, 3.8) is 0 Å². The highest BCUT2D eigenvalue weighted by Gasteiger charge is 2.35. The Labute approximate surface area is 201 Å². The fraction of sp³-hybridized carbons (Fsp3) is 0.385. The maximum atomic E-state index is 11.4. The maximum Gasteiger partial charge on any atom is 0.184 e. The third-order valence-corrected chi connectivity index (χ3v) is 6.64. The van der Waals surface area contributed by atoms with Gasteiger partial charge in [-0.15, -0.1) is 0 Å². The summed E-state index contributed by atoms with van der Waals surface area (Å²) in [6, 6.07) is 17.9. The van der Waals surface area contributed by atoms with E-state index in [0.717, 1.165) is 42.0 Å². The van der Waals surface area contributed by atoms with E-state index in [-0.39, 0.29) is 16.9 Å². The molecule has 0 radical (unpaired) electrons. The first-order valence-corrected chi connectivity index (χ1v) is 12.0. The summed E-state index contributed by atoms with van der Waals surface area (Å²) in [5, 5.41) is 16.1. The molecule has 33 heavy (non-hydrogen) atoms. The van der Waals surface area contributed by atoms with Crippen LogP contribution in [0.25, 0.3) is 5.76 Å². The number of ether oxygens (including phenoxy) is 1. The van der Waals surface area contributed by atoms with Crippen LogP contribution in [0, 0.1) is 5.92 Å². The summed E-state index contributed by atoms with van der Waals surface area (Å²) in [7, 11) is 0. The number of nitrogens with zero attached hydrogens (tertiary/aromatic N) is 2. The van der Waals surface area contributed by atoms with Crippen molar-refractivity contribution in [2.45, 2.75) is 32.1 Å². The first-order valence-electron chi connectivity index (χ1n) is 11.6. The molecule has 2 heterocycles. The van der Waals surface area contributed by atoms with Crippen molar-refractivity contribution in [2.24, 2.45) is 16.8 Å². The van der Waals surface area contributed by atoms with E-state index in [9.17, 15) is 5.11 Å². The summed E-state index contributed by atoms with van der Waals surface area (Å²) < 4.78 is 6.10. The van der Waals surface area contributed by atoms with Crippen molar-refractivity contribution < 1.29 is 9.84 Å². The zero-order chi connectivity index (χ0) is 23.2. The average Bonchev–Trinajstić information content (AvgIpc) is 2.85. The van der Waals surface area contributed by atoms with E-state index in [1.165, 1.54) is 19.3 Å². The molecule has 2 aromatic carbocycles. The third-order valence-electron chi connectivity index (χ3n) is 6.55. The molecule has 0 bridgehead atoms. The highest BCUT2D eigenvalue weighted by atomic mass is 32.1. The van der Waals surface area contributed by atoms with Gasteiger partial charge in [-0.3, -0.25) is 5.43 Å². The number of hydrogen-bond acceptors (Lipinski definition) is 5. The van der Waals surface area contributed by atoms with Crippen LogP contribution in [0.15, 0.2) is 65.3 Å². The molecule has 1 fully saturated rings. The summed E-state index contributed by atoms with van der Waals surface area (Å²) in [4.78, 5) is 2.50. The Bertz CT molecular complexity index is 1030. The molecule has 0 aromatic heterocycles. The lowest BCUT2D eigenvalue weighted by Crippen LogP contribution is -2.40. The molecule has 4 rings (SSSR count). The second kappa shape index (κ2) is 10.8. The lowest BCUT2D eigenvalue weighted by atomic mass is 9.76. The van der Waals surface area contributed by atoms with Gasteiger partial charge >= 0.3 is 0 Å². The van der Waals surface area contributed by atoms with Gasteiger partial charge in [0.2, 0.25) is 0 Å². The summed E-state index contributed by atoms with van der Waals surface area (Å²) in [5.41, 5.74) is 12.0. The van der Waals surface area contributed by atoms with E-state index < -0.39 is 0 Å². The molecule has 6 nitrogen and oxygen atoms in total. The standard InChI is InChI=1S/C26H32N4O2S/c1-18(28-29-26(27)33)21(16-30-14-8-3-9-15-30)24(19-10-4-2-5-11-19)22-17-32-23-13-7-6-12-20(23)25(22)31/h2,4-7,10-13,21,24,31H,3,8-9,14-17H2,1H3,(H3,27,29,33)/b28-18+/t21-,24+/m0/s1. The van der Waals surface area contributed by atoms with Gasteiger partial charge in [0.1, 0.15) is 18.1 Å². The Kier molecular flexibility index (Phi) is 7.62. The van der Waals surface area contributed by atoms with E-state index in [0.29, 0.717) is 18.1 Å². The molecule has 4 N–H and O–H groups in total. The molecule has 174 valence electrons. The molecule has 0 aliphatic carbocycles. The van der Waals surface area contributed by atoms with Crippen LogP contribution < -0.4 is 15.9 Å². The SMILES string of the molecule is C/C(=N\NC(N)=S)[C@H](CN1CCCCC1)[C@H](C1=C(O)c2ccccc2OC1)c1ccccc1. The Morgan fingerprint density at radius 3 is 2.55 bits per heavy atom. The largest absolute Gasteiger partial charge is 0.507 e. The summed E-state index contributed by atoms with van der Waals surface area (Å²) >= 11 is 4.99. The first kappa shape index (κ1) is 23.3. The molecule has 2 aliphatic heterocycles. The summed E-state index contributed by atoms with van der Waals surface area (Å²) in [6.45, 7) is 5.29. The van der Waals surface area contributed by atoms with Crippen molar-refractivity contribution >= 4 is 28.8 Å². The number of aliphatic hydroxyl groups excluding tert-OH is 1. The van der Waals surface area contributed by atoms with Crippen molar-refractivity contribution in [1.82, 2.24) is 10.3 Å². The lowest BCUT2D eigenvalue weighted by Gasteiger charge is -2.37. The molecule has 2 aromatic rings. The van der Waals surface area contributed by atoms with Crippen LogP contribution in [-0.2, 0) is 0 Å². The highest BCUT2D eigenvalue weighted by molar-refractivity contribution is 7.80. The Balaban J connectivity index is 1.80. The zero-order valence-corrected chi connectivity index (χ0v) is 19.9. The number of benzene rings is 2. The smallest absolute Gasteiger partial charge is 0.184 e. The average molecular weight is 465 g/mol. The van der Waals surface area contributed by atoms with Crippen LogP contribution in [0.5, 0.6) is 5.75 Å². The van der Waals surface area contributed by atoms with Crippen molar-refractivity contribution in [2.75, 3.05) is 26.2 Å². The second-order valence-corrected chi connectivity index (χ2v) is 9.18. The van der Waals surface area contributed by atoms with E-state index in [1.54, 1.807) is 0 Å². The lowest BCUT2D eigenvalue weighted by molar-refractivity contribution is 0.204. The monoisotopic (exact) mass is 464 g/mol. The summed E-state index contributed by atoms with van der Waals surface area (Å²) in [6.07, 6.45) is 3.68. The summed E-state index contributed by atoms with van der Waals surface area (Å²) in [5.74, 6) is 0.889. The fourth-order valence-corrected chi connectivity index (χ4v) is 4.93. The molecule has 7 heteroatoms. The van der Waals surface area contributed by atoms with Gasteiger partial charge in [-0.1, -0.05) is 48.9 Å². The number of nitrogens with two attached hydrogens (primary N) is 1. The maximum absolute atomic E-state index is 11.4. The minimum Gasteiger partial charge on any atom is -0.507 e. The van der Waals surface area contributed by atoms with Crippen LogP contribution >= 0.6 is 12.2 Å². The van der Waals surface area contributed by atoms with Gasteiger partial charge in [0.25, 0.3) is 0 Å². The van der Waals surface area contributed by atoms with Crippen LogP contribution in [-0.4, -0.2) is 47.1 Å². The number of likely N-dealkylation sites (tertiary alicyclic amines) is 1. The Hall–Kier alpha value is -2.90. The zero-order valence-electron chi connectivity index (χ0n) is 19.0. The molecule has 2 atom stereocenters. The van der Waals surface area contributed by atoms with E-state index in [4.69, 9.17) is 22.7 Å². The molecule has 0 amide bonds. The second-order valence-electron chi connectivity index (χ2n) is 8.74. The first-order chi connectivity index (χ1) is 16.0. The number of fused-ring (bicyclic) bond motifs is 1.